The zero-order chi connectivity index (χ0) is 23.2. The quantitative estimate of drug-likeness (QED) is 0.566. The summed E-state index contributed by atoms with van der Waals surface area (Å²) in [5, 5.41) is 14.4. The predicted molar refractivity (Wildman–Crippen MR) is 129 cm³/mol. The van der Waals surface area contributed by atoms with E-state index in [2.05, 4.69) is 66.8 Å². The molecule has 0 radical (unpaired) electrons. The largest absolute Gasteiger partial charge is 0.341 e. The number of likely N-dealkylation sites (tertiary alicyclic amines) is 1. The van der Waals surface area contributed by atoms with Crippen LogP contribution in [-0.4, -0.2) is 49.1 Å². The van der Waals surface area contributed by atoms with Gasteiger partial charge in [-0.1, -0.05) is 39.8 Å². The summed E-state index contributed by atoms with van der Waals surface area (Å²) < 4.78 is 1.47. The minimum atomic E-state index is 0.0696. The number of tetrazole rings is 1. The zero-order valence-corrected chi connectivity index (χ0v) is 20.7. The molecule has 1 aliphatic heterocycles. The topological polar surface area (TPSA) is 76.8 Å². The molecule has 33 heavy (non-hydrogen) atoms. The van der Waals surface area contributed by atoms with Crippen molar-refractivity contribution in [2.24, 2.45) is 0 Å². The van der Waals surface area contributed by atoms with Crippen molar-refractivity contribution in [1.29, 1.82) is 0 Å². The van der Waals surface area contributed by atoms with Crippen molar-refractivity contribution in [1.82, 2.24) is 30.1 Å². The van der Waals surface area contributed by atoms with Crippen LogP contribution in [-0.2, 0) is 22.2 Å². The maximum absolute atomic E-state index is 12.5. The lowest BCUT2D eigenvalue weighted by Crippen LogP contribution is -2.39. The second kappa shape index (κ2) is 8.31. The van der Waals surface area contributed by atoms with E-state index in [9.17, 15) is 4.79 Å². The fourth-order valence-electron chi connectivity index (χ4n) is 5.22. The molecule has 7 nitrogen and oxygen atoms in total. The van der Waals surface area contributed by atoms with Gasteiger partial charge in [-0.2, -0.15) is 0 Å². The first-order chi connectivity index (χ1) is 15.7. The van der Waals surface area contributed by atoms with Crippen LogP contribution >= 0.6 is 11.3 Å². The van der Waals surface area contributed by atoms with E-state index >= 15 is 0 Å². The smallest absolute Gasteiger partial charge is 0.244 e. The molecular formula is C25H32N6OS. The van der Waals surface area contributed by atoms with Crippen LogP contribution in [0.25, 0.3) is 11.3 Å². The first-order valence-corrected chi connectivity index (χ1v) is 12.7. The first kappa shape index (κ1) is 22.2. The summed E-state index contributed by atoms with van der Waals surface area (Å²) in [6.45, 7) is 11.2. The minimum absolute atomic E-state index is 0.0696. The Bertz CT molecular complexity index is 1140. The Morgan fingerprint density at radius 3 is 2.52 bits per heavy atom. The molecule has 1 amide bonds. The summed E-state index contributed by atoms with van der Waals surface area (Å²) in [6.07, 6.45) is 5.80. The van der Waals surface area contributed by atoms with Crippen molar-refractivity contribution in [2.75, 3.05) is 13.1 Å². The average molecular weight is 465 g/mol. The zero-order valence-electron chi connectivity index (χ0n) is 19.9. The summed E-state index contributed by atoms with van der Waals surface area (Å²) in [5.41, 5.74) is 5.68. The molecule has 8 heteroatoms. The molecular weight excluding hydrogens is 432 g/mol. The number of hydrogen-bond acceptors (Lipinski definition) is 6. The number of piperidine rings is 1. The van der Waals surface area contributed by atoms with E-state index in [-0.39, 0.29) is 23.3 Å². The van der Waals surface area contributed by atoms with Gasteiger partial charge in [0.25, 0.3) is 0 Å². The van der Waals surface area contributed by atoms with Crippen molar-refractivity contribution in [3.05, 3.63) is 46.0 Å². The molecule has 0 N–H and O–H groups in total. The van der Waals surface area contributed by atoms with E-state index in [0.717, 1.165) is 31.6 Å². The van der Waals surface area contributed by atoms with Gasteiger partial charge in [0.2, 0.25) is 5.91 Å². The number of rotatable bonds is 4. The molecule has 1 aromatic carbocycles. The molecule has 3 aromatic rings. The third kappa shape index (κ3) is 4.33. The van der Waals surface area contributed by atoms with Gasteiger partial charge < -0.3 is 4.90 Å². The van der Waals surface area contributed by atoms with Crippen LogP contribution in [0.1, 0.15) is 75.4 Å². The summed E-state index contributed by atoms with van der Waals surface area (Å²) >= 11 is 1.76. The number of carbonyl (C=O) groups excluding carboxylic acids is 1. The molecule has 2 aromatic heterocycles. The van der Waals surface area contributed by atoms with Crippen molar-refractivity contribution in [3.63, 3.8) is 0 Å². The third-order valence-electron chi connectivity index (χ3n) is 7.56. The fourth-order valence-corrected chi connectivity index (χ4v) is 6.22. The highest BCUT2D eigenvalue weighted by Gasteiger charge is 2.37. The SMILES string of the molecule is CC1(C)CCC(C)(C)c2cc(-c3csc(C4CCN(C(=O)Cn5cnnn5)CC4)n3)ccc21. The summed E-state index contributed by atoms with van der Waals surface area (Å²) in [7, 11) is 0. The number of nitrogens with zero attached hydrogens (tertiary/aromatic N) is 6. The number of amides is 1. The first-order valence-electron chi connectivity index (χ1n) is 11.8. The Morgan fingerprint density at radius 1 is 1.09 bits per heavy atom. The molecule has 0 saturated carbocycles. The number of aromatic nitrogens is 5. The predicted octanol–water partition coefficient (Wildman–Crippen LogP) is 4.55. The number of hydrogen-bond donors (Lipinski definition) is 0. The molecule has 1 aliphatic carbocycles. The van der Waals surface area contributed by atoms with E-state index in [1.807, 2.05) is 4.90 Å². The van der Waals surface area contributed by atoms with Gasteiger partial charge in [0, 0.05) is 30.0 Å². The lowest BCUT2D eigenvalue weighted by molar-refractivity contribution is -0.133. The number of fused-ring (bicyclic) bond motifs is 1. The van der Waals surface area contributed by atoms with Crippen LogP contribution in [0.3, 0.4) is 0 Å². The Balaban J connectivity index is 1.28. The Morgan fingerprint density at radius 2 is 1.82 bits per heavy atom. The maximum atomic E-state index is 12.5. The minimum Gasteiger partial charge on any atom is -0.341 e. The van der Waals surface area contributed by atoms with Gasteiger partial charge in [0.1, 0.15) is 12.9 Å². The van der Waals surface area contributed by atoms with Crippen LogP contribution in [0, 0.1) is 0 Å². The molecule has 0 unspecified atom stereocenters. The number of carbonyl (C=O) groups is 1. The van der Waals surface area contributed by atoms with Gasteiger partial charge in [-0.25, -0.2) is 9.67 Å². The monoisotopic (exact) mass is 464 g/mol. The van der Waals surface area contributed by atoms with Crippen LogP contribution in [0.15, 0.2) is 29.9 Å². The van der Waals surface area contributed by atoms with Gasteiger partial charge >= 0.3 is 0 Å². The Hall–Kier alpha value is -2.61. The van der Waals surface area contributed by atoms with E-state index in [1.54, 1.807) is 11.3 Å². The normalized spacial score (nSPS) is 19.9. The van der Waals surface area contributed by atoms with E-state index < -0.39 is 0 Å². The van der Waals surface area contributed by atoms with Crippen molar-refractivity contribution in [2.45, 2.75) is 76.7 Å². The van der Waals surface area contributed by atoms with Crippen LogP contribution in [0.4, 0.5) is 0 Å². The van der Waals surface area contributed by atoms with E-state index in [1.165, 1.54) is 45.5 Å². The average Bonchev–Trinajstić information content (AvgIpc) is 3.49. The van der Waals surface area contributed by atoms with Crippen LogP contribution < -0.4 is 0 Å². The lowest BCUT2D eigenvalue weighted by atomic mass is 9.63. The maximum Gasteiger partial charge on any atom is 0.244 e. The van der Waals surface area contributed by atoms with Crippen molar-refractivity contribution >= 4 is 17.2 Å². The van der Waals surface area contributed by atoms with E-state index in [0.29, 0.717) is 5.92 Å². The highest BCUT2D eigenvalue weighted by molar-refractivity contribution is 7.10. The summed E-state index contributed by atoms with van der Waals surface area (Å²) in [4.78, 5) is 19.5. The highest BCUT2D eigenvalue weighted by Crippen LogP contribution is 2.47. The molecule has 0 atom stereocenters. The second-order valence-electron chi connectivity index (χ2n) is 10.8. The summed E-state index contributed by atoms with van der Waals surface area (Å²) in [5.74, 6) is 0.481. The molecule has 1 fully saturated rings. The van der Waals surface area contributed by atoms with Crippen molar-refractivity contribution < 1.29 is 4.79 Å². The molecule has 1 saturated heterocycles. The van der Waals surface area contributed by atoms with Gasteiger partial charge in [-0.05, 0) is 64.1 Å². The lowest BCUT2D eigenvalue weighted by Gasteiger charge is -2.42. The number of benzene rings is 1. The third-order valence-corrected chi connectivity index (χ3v) is 8.56. The van der Waals surface area contributed by atoms with Crippen molar-refractivity contribution in [3.8, 4) is 11.3 Å². The number of thiazole rings is 1. The van der Waals surface area contributed by atoms with Crippen LogP contribution in [0.5, 0.6) is 0 Å². The molecule has 174 valence electrons. The second-order valence-corrected chi connectivity index (χ2v) is 11.7. The van der Waals surface area contributed by atoms with Gasteiger partial charge in [0.15, 0.2) is 0 Å². The highest BCUT2D eigenvalue weighted by atomic mass is 32.1. The fraction of sp³-hybridized carbons (Fsp3) is 0.560. The molecule has 0 spiro atoms. The molecule has 5 rings (SSSR count). The molecule has 3 heterocycles. The van der Waals surface area contributed by atoms with Gasteiger partial charge in [0.05, 0.1) is 10.7 Å². The Labute approximate surface area is 199 Å². The Kier molecular flexibility index (Phi) is 5.59. The standard InChI is InChI=1S/C25H32N6OS/c1-24(2)9-10-25(3,4)20-13-18(5-6-19(20)24)21-15-33-23(27-21)17-7-11-30(12-8-17)22(32)14-31-16-26-28-29-31/h5-6,13,15-17H,7-12,14H2,1-4H3. The molecule has 2 aliphatic rings. The van der Waals surface area contributed by atoms with Crippen LogP contribution in [0.2, 0.25) is 0 Å². The van der Waals surface area contributed by atoms with Gasteiger partial charge in [-0.15, -0.1) is 16.4 Å². The van der Waals surface area contributed by atoms with E-state index in [4.69, 9.17) is 4.98 Å². The summed E-state index contributed by atoms with van der Waals surface area (Å²) in [6, 6.07) is 6.97. The van der Waals surface area contributed by atoms with Gasteiger partial charge in [-0.3, -0.25) is 4.79 Å². The molecule has 0 bridgehead atoms.